The van der Waals surface area contributed by atoms with Crippen LogP contribution < -0.4 is 21.1 Å². The lowest BCUT2D eigenvalue weighted by Gasteiger charge is -2.34. The van der Waals surface area contributed by atoms with Crippen LogP contribution >= 0.6 is 11.6 Å². The molecule has 1 saturated heterocycles. The Morgan fingerprint density at radius 1 is 1.30 bits per heavy atom. The highest BCUT2D eigenvalue weighted by Gasteiger charge is 2.35. The molecule has 2 aromatic rings. The van der Waals surface area contributed by atoms with Crippen molar-refractivity contribution < 1.29 is 9.59 Å². The van der Waals surface area contributed by atoms with E-state index in [4.69, 9.17) is 11.6 Å². The lowest BCUT2D eigenvalue weighted by Crippen LogP contribution is -2.42. The summed E-state index contributed by atoms with van der Waals surface area (Å²) in [5.74, 6) is -1.20. The number of nitrogens with one attached hydrogen (secondary N) is 3. The maximum atomic E-state index is 13.0. The molecule has 158 valence electrons. The Hall–Kier alpha value is -2.87. The minimum absolute atomic E-state index is 0.132. The molecular weight excluding hydrogens is 406 g/mol. The number of benzene rings is 1. The highest BCUT2D eigenvalue weighted by molar-refractivity contribution is 6.33. The van der Waals surface area contributed by atoms with E-state index in [0.717, 1.165) is 31.4 Å². The average Bonchev–Trinajstić information content (AvgIpc) is 2.69. The maximum absolute atomic E-state index is 13.0. The van der Waals surface area contributed by atoms with E-state index in [1.807, 2.05) is 17.9 Å². The Morgan fingerprint density at radius 3 is 2.83 bits per heavy atom. The van der Waals surface area contributed by atoms with Crippen molar-refractivity contribution in [3.63, 3.8) is 0 Å². The highest BCUT2D eigenvalue weighted by atomic mass is 35.5. The second-order valence-electron chi connectivity index (χ2n) is 7.97. The average molecular weight is 430 g/mol. The highest BCUT2D eigenvalue weighted by Crippen LogP contribution is 2.32. The van der Waals surface area contributed by atoms with Gasteiger partial charge in [0.1, 0.15) is 5.82 Å². The molecule has 3 heterocycles. The molecular formula is C21H24ClN5O3. The van der Waals surface area contributed by atoms with Gasteiger partial charge in [0, 0.05) is 19.0 Å². The summed E-state index contributed by atoms with van der Waals surface area (Å²) in [5.41, 5.74) is 1.15. The van der Waals surface area contributed by atoms with Crippen LogP contribution in [0.2, 0.25) is 5.02 Å². The van der Waals surface area contributed by atoms with E-state index < -0.39 is 17.4 Å². The number of rotatable bonds is 3. The third-order valence-corrected chi connectivity index (χ3v) is 6.03. The van der Waals surface area contributed by atoms with Crippen molar-refractivity contribution in [3.8, 4) is 0 Å². The number of piperidine rings is 1. The van der Waals surface area contributed by atoms with Crippen molar-refractivity contribution >= 4 is 40.9 Å². The van der Waals surface area contributed by atoms with E-state index >= 15 is 0 Å². The van der Waals surface area contributed by atoms with E-state index in [2.05, 4.69) is 27.5 Å². The van der Waals surface area contributed by atoms with Crippen LogP contribution in [-0.4, -0.2) is 34.4 Å². The third-order valence-electron chi connectivity index (χ3n) is 5.71. The summed E-state index contributed by atoms with van der Waals surface area (Å²) in [6, 6.07) is 5.49. The van der Waals surface area contributed by atoms with Gasteiger partial charge in [0.2, 0.25) is 17.8 Å². The van der Waals surface area contributed by atoms with Gasteiger partial charge >= 0.3 is 0 Å². The molecule has 1 fully saturated rings. The third kappa shape index (κ3) is 3.92. The first-order valence-corrected chi connectivity index (χ1v) is 10.5. The van der Waals surface area contributed by atoms with Gasteiger partial charge in [-0.25, -0.2) is 0 Å². The van der Waals surface area contributed by atoms with Crippen LogP contribution in [0, 0.1) is 6.92 Å². The summed E-state index contributed by atoms with van der Waals surface area (Å²) in [5, 5.41) is 5.79. The van der Waals surface area contributed by atoms with Gasteiger partial charge in [-0.1, -0.05) is 17.7 Å². The smallest absolute Gasteiger partial charge is 0.258 e. The number of amides is 2. The summed E-state index contributed by atoms with van der Waals surface area (Å²) in [7, 11) is 0. The van der Waals surface area contributed by atoms with Crippen LogP contribution in [0.4, 0.5) is 17.5 Å². The Morgan fingerprint density at radius 2 is 2.10 bits per heavy atom. The summed E-state index contributed by atoms with van der Waals surface area (Å²) in [4.78, 5) is 47.5. The lowest BCUT2D eigenvalue weighted by atomic mass is 9.92. The first-order chi connectivity index (χ1) is 14.3. The van der Waals surface area contributed by atoms with E-state index in [9.17, 15) is 14.4 Å². The van der Waals surface area contributed by atoms with Crippen molar-refractivity contribution in [2.45, 2.75) is 51.5 Å². The standard InChI is InChI=1S/C21H24ClN5O3/c1-11-6-7-15(14(22)9-11)23-19(29)13-10-16(28)24-18-17(13)20(30)26-21(25-18)27-8-4-3-5-12(27)2/h6-7,9,12-13H,3-5,8,10H2,1-2H3,(H,23,29)(H2,24,25,26,28,30)/t12-,13+/m1/s1. The van der Waals surface area contributed by atoms with Gasteiger partial charge in [-0.15, -0.1) is 0 Å². The van der Waals surface area contributed by atoms with Crippen molar-refractivity contribution in [1.82, 2.24) is 9.97 Å². The molecule has 9 heteroatoms. The molecule has 1 aromatic carbocycles. The molecule has 2 aliphatic heterocycles. The zero-order chi connectivity index (χ0) is 21.4. The van der Waals surface area contributed by atoms with Gasteiger partial charge in [0.25, 0.3) is 5.56 Å². The van der Waals surface area contributed by atoms with Gasteiger partial charge in [0.05, 0.1) is 22.2 Å². The number of aromatic nitrogens is 2. The molecule has 0 spiro atoms. The lowest BCUT2D eigenvalue weighted by molar-refractivity contribution is -0.123. The molecule has 1 aromatic heterocycles. The topological polar surface area (TPSA) is 107 Å². The Labute approximate surface area is 179 Å². The second kappa shape index (κ2) is 8.10. The minimum Gasteiger partial charge on any atom is -0.340 e. The predicted molar refractivity (Wildman–Crippen MR) is 116 cm³/mol. The normalized spacial score (nSPS) is 21.0. The van der Waals surface area contributed by atoms with Crippen LogP contribution in [0.25, 0.3) is 0 Å². The fourth-order valence-electron chi connectivity index (χ4n) is 4.07. The largest absolute Gasteiger partial charge is 0.340 e. The molecule has 2 amide bonds. The van der Waals surface area contributed by atoms with E-state index in [-0.39, 0.29) is 29.8 Å². The molecule has 30 heavy (non-hydrogen) atoms. The number of hydrogen-bond donors (Lipinski definition) is 3. The van der Waals surface area contributed by atoms with Crippen molar-refractivity contribution in [2.75, 3.05) is 22.1 Å². The van der Waals surface area contributed by atoms with Gasteiger partial charge in [-0.2, -0.15) is 4.98 Å². The first-order valence-electron chi connectivity index (χ1n) is 10.1. The summed E-state index contributed by atoms with van der Waals surface area (Å²) in [6.07, 6.45) is 3.02. The molecule has 8 nitrogen and oxygen atoms in total. The summed E-state index contributed by atoms with van der Waals surface area (Å²) >= 11 is 6.21. The maximum Gasteiger partial charge on any atom is 0.258 e. The van der Waals surface area contributed by atoms with Gasteiger partial charge < -0.3 is 15.5 Å². The Bertz CT molecular complexity index is 1070. The van der Waals surface area contributed by atoms with Crippen LogP contribution in [0.5, 0.6) is 0 Å². The Kier molecular flexibility index (Phi) is 5.51. The number of carbonyl (C=O) groups is 2. The van der Waals surface area contributed by atoms with E-state index in [0.29, 0.717) is 16.7 Å². The molecule has 3 N–H and O–H groups in total. The minimum atomic E-state index is -0.949. The van der Waals surface area contributed by atoms with Gasteiger partial charge in [-0.05, 0) is 50.8 Å². The first kappa shape index (κ1) is 20.4. The van der Waals surface area contributed by atoms with Crippen LogP contribution in [0.3, 0.4) is 0 Å². The fourth-order valence-corrected chi connectivity index (χ4v) is 4.36. The SMILES string of the molecule is Cc1ccc(NC(=O)[C@H]2CC(=O)Nc3nc(N4CCCC[C@H]4C)[nH]c(=O)c32)c(Cl)c1. The second-order valence-corrected chi connectivity index (χ2v) is 8.37. The van der Waals surface area contributed by atoms with Crippen molar-refractivity contribution in [1.29, 1.82) is 0 Å². The molecule has 0 unspecified atom stereocenters. The molecule has 2 atom stereocenters. The zero-order valence-corrected chi connectivity index (χ0v) is 17.7. The van der Waals surface area contributed by atoms with Crippen LogP contribution in [0.15, 0.2) is 23.0 Å². The number of hydrogen-bond acceptors (Lipinski definition) is 5. The molecule has 0 radical (unpaired) electrons. The fraction of sp³-hybridized carbons (Fsp3) is 0.429. The number of aromatic amines is 1. The van der Waals surface area contributed by atoms with Crippen molar-refractivity contribution in [2.24, 2.45) is 0 Å². The van der Waals surface area contributed by atoms with Crippen molar-refractivity contribution in [3.05, 3.63) is 44.7 Å². The number of H-pyrrole nitrogens is 1. The Balaban J connectivity index is 1.66. The number of aryl methyl sites for hydroxylation is 1. The molecule has 0 saturated carbocycles. The monoisotopic (exact) mass is 429 g/mol. The number of anilines is 3. The summed E-state index contributed by atoms with van der Waals surface area (Å²) in [6.45, 7) is 4.76. The number of nitrogens with zero attached hydrogens (tertiary/aromatic N) is 2. The number of halogens is 1. The predicted octanol–water partition coefficient (Wildman–Crippen LogP) is 3.18. The number of fused-ring (bicyclic) bond motifs is 1. The molecule has 0 aliphatic carbocycles. The number of carbonyl (C=O) groups excluding carboxylic acids is 2. The van der Waals surface area contributed by atoms with E-state index in [1.54, 1.807) is 12.1 Å². The van der Waals surface area contributed by atoms with E-state index in [1.165, 1.54) is 0 Å². The van der Waals surface area contributed by atoms with Gasteiger partial charge in [-0.3, -0.25) is 19.4 Å². The molecule has 0 bridgehead atoms. The molecule has 2 aliphatic rings. The van der Waals surface area contributed by atoms with Crippen LogP contribution in [-0.2, 0) is 9.59 Å². The van der Waals surface area contributed by atoms with Crippen LogP contribution in [0.1, 0.15) is 49.7 Å². The zero-order valence-electron chi connectivity index (χ0n) is 16.9. The van der Waals surface area contributed by atoms with Gasteiger partial charge in [0.15, 0.2) is 0 Å². The summed E-state index contributed by atoms with van der Waals surface area (Å²) < 4.78 is 0. The quantitative estimate of drug-likeness (QED) is 0.694. The molecule has 4 rings (SSSR count).